The van der Waals surface area contributed by atoms with Crippen molar-refractivity contribution >= 4 is 28.8 Å². The quantitative estimate of drug-likeness (QED) is 0.280. The molecule has 0 unspecified atom stereocenters. The zero-order valence-electron chi connectivity index (χ0n) is 16.7. The molecule has 0 aliphatic carbocycles. The monoisotopic (exact) mass is 406 g/mol. The number of carbonyl (C=O) groups excluding carboxylic acids is 1. The number of nitrogens with zero attached hydrogens (tertiary/aromatic N) is 2. The molecule has 154 valence electrons. The van der Waals surface area contributed by atoms with Crippen molar-refractivity contribution < 1.29 is 18.7 Å². The molecule has 0 bridgehead atoms. The smallest absolute Gasteiger partial charge is 0.349 e. The Bertz CT molecular complexity index is 1130. The van der Waals surface area contributed by atoms with Gasteiger partial charge in [-0.15, -0.1) is 0 Å². The highest BCUT2D eigenvalue weighted by Crippen LogP contribution is 2.28. The van der Waals surface area contributed by atoms with Gasteiger partial charge in [0.05, 0.1) is 26.0 Å². The van der Waals surface area contributed by atoms with Crippen LogP contribution in [-0.2, 0) is 11.2 Å². The molecule has 0 N–H and O–H groups in total. The van der Waals surface area contributed by atoms with Crippen molar-refractivity contribution in [3.05, 3.63) is 70.1 Å². The SMILES string of the molecule is COc1ccc(CC(=Nc2c(C=O)c(=O)oc3ccccc23)N2CCOCC2)cc1. The van der Waals surface area contributed by atoms with Crippen LogP contribution in [0.5, 0.6) is 5.75 Å². The molecule has 2 aromatic carbocycles. The molecule has 0 amide bonds. The van der Waals surface area contributed by atoms with Gasteiger partial charge in [-0.2, -0.15) is 0 Å². The van der Waals surface area contributed by atoms with Crippen LogP contribution >= 0.6 is 0 Å². The van der Waals surface area contributed by atoms with Crippen LogP contribution < -0.4 is 10.4 Å². The summed E-state index contributed by atoms with van der Waals surface area (Å²) in [5.41, 5.74) is 1.02. The molecule has 0 saturated carbocycles. The first-order valence-corrected chi connectivity index (χ1v) is 9.74. The van der Waals surface area contributed by atoms with Crippen LogP contribution in [0.3, 0.4) is 0 Å². The lowest BCUT2D eigenvalue weighted by Crippen LogP contribution is -2.41. The molecule has 1 aliphatic heterocycles. The van der Waals surface area contributed by atoms with E-state index in [9.17, 15) is 9.59 Å². The fourth-order valence-electron chi connectivity index (χ4n) is 3.47. The van der Waals surface area contributed by atoms with Gasteiger partial charge in [-0.25, -0.2) is 9.79 Å². The van der Waals surface area contributed by atoms with Crippen LogP contribution in [0, 0.1) is 0 Å². The number of ether oxygens (including phenoxy) is 2. The topological polar surface area (TPSA) is 81.3 Å². The number of rotatable bonds is 5. The molecule has 30 heavy (non-hydrogen) atoms. The van der Waals surface area contributed by atoms with Crippen LogP contribution in [0.2, 0.25) is 0 Å². The highest BCUT2D eigenvalue weighted by Gasteiger charge is 2.19. The molecule has 0 atom stereocenters. The molecule has 1 aromatic heterocycles. The lowest BCUT2D eigenvalue weighted by atomic mass is 10.1. The van der Waals surface area contributed by atoms with Crippen molar-refractivity contribution in [1.29, 1.82) is 0 Å². The number of aldehydes is 1. The Labute approximate surface area is 173 Å². The maximum Gasteiger partial charge on any atom is 0.349 e. The number of para-hydroxylation sites is 1. The van der Waals surface area contributed by atoms with Gasteiger partial charge < -0.3 is 18.8 Å². The first-order valence-electron chi connectivity index (χ1n) is 9.74. The van der Waals surface area contributed by atoms with Crippen molar-refractivity contribution in [1.82, 2.24) is 4.90 Å². The van der Waals surface area contributed by atoms with E-state index >= 15 is 0 Å². The molecule has 0 spiro atoms. The molecule has 2 heterocycles. The molecule has 7 heteroatoms. The minimum atomic E-state index is -0.687. The average molecular weight is 406 g/mol. The van der Waals surface area contributed by atoms with Gasteiger partial charge in [0.25, 0.3) is 0 Å². The second-order valence-electron chi connectivity index (χ2n) is 6.92. The second-order valence-corrected chi connectivity index (χ2v) is 6.92. The highest BCUT2D eigenvalue weighted by atomic mass is 16.5. The number of benzene rings is 2. The van der Waals surface area contributed by atoms with Gasteiger partial charge >= 0.3 is 5.63 Å². The van der Waals surface area contributed by atoms with Gasteiger partial charge in [-0.05, 0) is 29.8 Å². The lowest BCUT2D eigenvalue weighted by molar-refractivity contribution is 0.0674. The summed E-state index contributed by atoms with van der Waals surface area (Å²) in [4.78, 5) is 31.0. The summed E-state index contributed by atoms with van der Waals surface area (Å²) in [5, 5.41) is 0.625. The predicted octanol–water partition coefficient (Wildman–Crippen LogP) is 3.22. The molecule has 3 aromatic rings. The summed E-state index contributed by atoms with van der Waals surface area (Å²) >= 11 is 0. The average Bonchev–Trinajstić information content (AvgIpc) is 2.79. The summed E-state index contributed by atoms with van der Waals surface area (Å²) in [6.07, 6.45) is 1.05. The van der Waals surface area contributed by atoms with Crippen molar-refractivity contribution in [3.63, 3.8) is 0 Å². The largest absolute Gasteiger partial charge is 0.497 e. The molecule has 0 radical (unpaired) electrons. The van der Waals surface area contributed by atoms with E-state index in [2.05, 4.69) is 4.90 Å². The molecule has 1 aliphatic rings. The van der Waals surface area contributed by atoms with Gasteiger partial charge in [-0.3, -0.25) is 4.79 Å². The molecular formula is C23H22N2O5. The van der Waals surface area contributed by atoms with Crippen molar-refractivity contribution in [2.24, 2.45) is 4.99 Å². The molecule has 7 nitrogen and oxygen atoms in total. The molecule has 1 fully saturated rings. The van der Waals surface area contributed by atoms with Gasteiger partial charge in [0, 0.05) is 24.9 Å². The summed E-state index contributed by atoms with van der Waals surface area (Å²) < 4.78 is 16.0. The highest BCUT2D eigenvalue weighted by molar-refractivity contribution is 6.00. The standard InChI is InChI=1S/C23H22N2O5/c1-28-17-8-6-16(7-9-17)14-21(25-10-12-29-13-11-25)24-22-18-4-2-3-5-20(18)30-23(27)19(22)15-26/h2-9,15H,10-14H2,1H3. The van der Waals surface area contributed by atoms with Gasteiger partial charge in [0.1, 0.15) is 22.7 Å². The second kappa shape index (κ2) is 8.92. The normalized spacial score (nSPS) is 14.7. The number of aliphatic imine (C=N–C) groups is 1. The van der Waals surface area contributed by atoms with Gasteiger partial charge in [0.15, 0.2) is 6.29 Å². The molecular weight excluding hydrogens is 384 g/mol. The van der Waals surface area contributed by atoms with E-state index in [1.54, 1.807) is 25.3 Å². The summed E-state index contributed by atoms with van der Waals surface area (Å²) in [7, 11) is 1.63. The summed E-state index contributed by atoms with van der Waals surface area (Å²) in [5.74, 6) is 1.54. The lowest BCUT2D eigenvalue weighted by Gasteiger charge is -2.30. The van der Waals surface area contributed by atoms with Crippen molar-refractivity contribution in [3.8, 4) is 5.75 Å². The summed E-state index contributed by atoms with van der Waals surface area (Å²) in [6.45, 7) is 2.56. The summed E-state index contributed by atoms with van der Waals surface area (Å²) in [6, 6.07) is 14.9. The maximum absolute atomic E-state index is 12.4. The Balaban J connectivity index is 1.83. The van der Waals surface area contributed by atoms with E-state index in [-0.39, 0.29) is 5.56 Å². The third kappa shape index (κ3) is 4.11. The Morgan fingerprint density at radius 2 is 1.87 bits per heavy atom. The number of methoxy groups -OCH3 is 1. The predicted molar refractivity (Wildman–Crippen MR) is 114 cm³/mol. The van der Waals surface area contributed by atoms with E-state index in [1.807, 2.05) is 30.3 Å². The number of fused-ring (bicyclic) bond motifs is 1. The third-order valence-electron chi connectivity index (χ3n) is 5.08. The Hall–Kier alpha value is -3.45. The van der Waals surface area contributed by atoms with Crippen LogP contribution in [0.25, 0.3) is 11.0 Å². The van der Waals surface area contributed by atoms with Crippen molar-refractivity contribution in [2.75, 3.05) is 33.4 Å². The fraction of sp³-hybridized carbons (Fsp3) is 0.261. The number of hydrogen-bond donors (Lipinski definition) is 0. The minimum Gasteiger partial charge on any atom is -0.497 e. The zero-order chi connectivity index (χ0) is 20.9. The van der Waals surface area contributed by atoms with E-state index in [1.165, 1.54) is 0 Å². The molecule has 1 saturated heterocycles. The Morgan fingerprint density at radius 1 is 1.13 bits per heavy atom. The number of carbonyl (C=O) groups is 1. The third-order valence-corrected chi connectivity index (χ3v) is 5.08. The molecule has 4 rings (SSSR count). The van der Waals surface area contributed by atoms with Gasteiger partial charge in [0.2, 0.25) is 0 Å². The van der Waals surface area contributed by atoms with Crippen LogP contribution in [-0.4, -0.2) is 50.4 Å². The number of morpholine rings is 1. The van der Waals surface area contributed by atoms with E-state index in [4.69, 9.17) is 18.9 Å². The number of amidine groups is 1. The first-order chi connectivity index (χ1) is 14.7. The number of hydrogen-bond acceptors (Lipinski definition) is 6. The van der Waals surface area contributed by atoms with Crippen LogP contribution in [0.1, 0.15) is 15.9 Å². The zero-order valence-corrected chi connectivity index (χ0v) is 16.7. The first kappa shape index (κ1) is 19.8. The van der Waals surface area contributed by atoms with E-state index < -0.39 is 5.63 Å². The van der Waals surface area contributed by atoms with Crippen molar-refractivity contribution in [2.45, 2.75) is 6.42 Å². The Kier molecular flexibility index (Phi) is 5.90. The minimum absolute atomic E-state index is 0.0748. The van der Waals surface area contributed by atoms with Gasteiger partial charge in [-0.1, -0.05) is 24.3 Å². The Morgan fingerprint density at radius 3 is 2.57 bits per heavy atom. The van der Waals surface area contributed by atoms with Crippen LogP contribution in [0.4, 0.5) is 5.69 Å². The maximum atomic E-state index is 12.4. The van der Waals surface area contributed by atoms with Crippen LogP contribution in [0.15, 0.2) is 62.7 Å². The van der Waals surface area contributed by atoms with E-state index in [0.717, 1.165) is 17.1 Å². The van der Waals surface area contributed by atoms with E-state index in [0.29, 0.717) is 55.7 Å². The fourth-order valence-corrected chi connectivity index (χ4v) is 3.47.